The van der Waals surface area contributed by atoms with Crippen molar-refractivity contribution in [3.8, 4) is 0 Å². The minimum atomic E-state index is -0.520. The number of nitrogens with one attached hydrogen (secondary N) is 1. The molecule has 1 fully saturated rings. The van der Waals surface area contributed by atoms with Gasteiger partial charge in [0.05, 0.1) is 4.92 Å². The van der Waals surface area contributed by atoms with Crippen LogP contribution >= 0.6 is 0 Å². The number of nitro benzene ring substituents is 1. The quantitative estimate of drug-likeness (QED) is 0.685. The molecule has 0 aliphatic heterocycles. The van der Waals surface area contributed by atoms with Gasteiger partial charge in [0.2, 0.25) is 0 Å². The molecule has 0 bridgehead atoms. The third kappa shape index (κ3) is 3.65. The number of hydrogen-bond acceptors (Lipinski definition) is 4. The Morgan fingerprint density at radius 2 is 2.00 bits per heavy atom. The Balaban J connectivity index is 2.11. The molecule has 0 heterocycles. The molecule has 0 radical (unpaired) electrons. The second kappa shape index (κ2) is 6.47. The van der Waals surface area contributed by atoms with Crippen LogP contribution in [0.15, 0.2) is 29.4 Å². The van der Waals surface area contributed by atoms with Gasteiger partial charge in [-0.05, 0) is 30.7 Å². The number of non-ortho nitro benzene ring substituents is 1. The molecule has 0 aromatic heterocycles. The van der Waals surface area contributed by atoms with Crippen LogP contribution in [0.2, 0.25) is 0 Å². The molecule has 6 heteroatoms. The molecule has 2 rings (SSSR count). The molecule has 1 aromatic carbocycles. The van der Waals surface area contributed by atoms with Crippen LogP contribution in [0.5, 0.6) is 0 Å². The first-order chi connectivity index (χ1) is 9.99. The summed E-state index contributed by atoms with van der Waals surface area (Å²) in [4.78, 5) is 22.2. The van der Waals surface area contributed by atoms with Crippen molar-refractivity contribution in [2.24, 2.45) is 16.9 Å². The zero-order chi connectivity index (χ0) is 15.4. The average molecular weight is 289 g/mol. The van der Waals surface area contributed by atoms with E-state index in [0.717, 1.165) is 18.6 Å². The monoisotopic (exact) mass is 289 g/mol. The Bertz CT molecular complexity index is 571. The number of amides is 1. The lowest BCUT2D eigenvalue weighted by Crippen LogP contribution is -2.29. The largest absolute Gasteiger partial charge is 0.271 e. The van der Waals surface area contributed by atoms with Gasteiger partial charge >= 0.3 is 0 Å². The summed E-state index contributed by atoms with van der Waals surface area (Å²) >= 11 is 0. The zero-order valence-corrected chi connectivity index (χ0v) is 12.2. The van der Waals surface area contributed by atoms with Gasteiger partial charge < -0.3 is 0 Å². The number of hydrogen-bond donors (Lipinski definition) is 1. The van der Waals surface area contributed by atoms with Gasteiger partial charge in [-0.3, -0.25) is 14.9 Å². The van der Waals surface area contributed by atoms with Crippen LogP contribution in [-0.4, -0.2) is 16.5 Å². The van der Waals surface area contributed by atoms with Crippen molar-refractivity contribution < 1.29 is 9.72 Å². The van der Waals surface area contributed by atoms with E-state index in [1.807, 2.05) is 0 Å². The number of benzene rings is 1. The summed E-state index contributed by atoms with van der Waals surface area (Å²) in [6, 6.07) is 5.64. The number of nitro groups is 1. The van der Waals surface area contributed by atoms with Gasteiger partial charge in [-0.2, -0.15) is 5.10 Å². The standard InChI is InChI=1S/C15H19N3O3/c1-10-5-3-6-11(2)14(10)16-17-15(19)12-7-4-8-13(9-12)18(20)21/h4,7-11H,3,5-6H2,1-2H3,(H,17,19)/t10-,11-/m0/s1. The Labute approximate surface area is 123 Å². The second-order valence-electron chi connectivity index (χ2n) is 5.52. The van der Waals surface area contributed by atoms with Gasteiger partial charge in [0.15, 0.2) is 0 Å². The van der Waals surface area contributed by atoms with Crippen LogP contribution in [0, 0.1) is 22.0 Å². The van der Waals surface area contributed by atoms with E-state index in [4.69, 9.17) is 0 Å². The molecule has 0 spiro atoms. The summed E-state index contributed by atoms with van der Waals surface area (Å²) in [6.45, 7) is 4.21. The van der Waals surface area contributed by atoms with Crippen LogP contribution in [0.3, 0.4) is 0 Å². The number of nitrogens with zero attached hydrogens (tertiary/aromatic N) is 2. The third-order valence-electron chi connectivity index (χ3n) is 3.89. The first-order valence-electron chi connectivity index (χ1n) is 7.11. The van der Waals surface area contributed by atoms with Crippen molar-refractivity contribution in [3.63, 3.8) is 0 Å². The molecule has 2 atom stereocenters. The summed E-state index contributed by atoms with van der Waals surface area (Å²) in [6.07, 6.45) is 3.34. The number of rotatable bonds is 3. The average Bonchev–Trinajstić information content (AvgIpc) is 2.46. The maximum Gasteiger partial charge on any atom is 0.271 e. The summed E-state index contributed by atoms with van der Waals surface area (Å²) in [5.74, 6) is 0.300. The van der Waals surface area contributed by atoms with Crippen molar-refractivity contribution in [1.29, 1.82) is 0 Å². The van der Waals surface area contributed by atoms with Gasteiger partial charge in [0.25, 0.3) is 11.6 Å². The van der Waals surface area contributed by atoms with Crippen LogP contribution in [0.1, 0.15) is 43.5 Å². The van der Waals surface area contributed by atoms with Crippen LogP contribution in [-0.2, 0) is 0 Å². The number of hydrazone groups is 1. The molecule has 6 nitrogen and oxygen atoms in total. The van der Waals surface area contributed by atoms with Crippen molar-refractivity contribution in [3.05, 3.63) is 39.9 Å². The maximum atomic E-state index is 12.0. The molecular formula is C15H19N3O3. The van der Waals surface area contributed by atoms with E-state index in [1.54, 1.807) is 0 Å². The van der Waals surface area contributed by atoms with Crippen molar-refractivity contribution in [2.75, 3.05) is 0 Å². The van der Waals surface area contributed by atoms with Crippen molar-refractivity contribution >= 4 is 17.3 Å². The Morgan fingerprint density at radius 1 is 1.33 bits per heavy atom. The predicted octanol–water partition coefficient (Wildman–Crippen LogP) is 3.14. The highest BCUT2D eigenvalue weighted by atomic mass is 16.6. The van der Waals surface area contributed by atoms with Gasteiger partial charge in [-0.1, -0.05) is 26.3 Å². The first kappa shape index (κ1) is 15.2. The molecule has 1 aliphatic rings. The minimum absolute atomic E-state index is 0.102. The molecule has 1 aliphatic carbocycles. The topological polar surface area (TPSA) is 84.6 Å². The predicted molar refractivity (Wildman–Crippen MR) is 80.2 cm³/mol. The zero-order valence-electron chi connectivity index (χ0n) is 12.2. The number of carbonyl (C=O) groups is 1. The first-order valence-corrected chi connectivity index (χ1v) is 7.11. The molecule has 1 amide bonds. The molecule has 1 aromatic rings. The minimum Gasteiger partial charge on any atom is -0.267 e. The van der Waals surface area contributed by atoms with Crippen LogP contribution < -0.4 is 5.43 Å². The van der Waals surface area contributed by atoms with E-state index in [0.29, 0.717) is 11.8 Å². The van der Waals surface area contributed by atoms with E-state index < -0.39 is 10.8 Å². The molecular weight excluding hydrogens is 270 g/mol. The van der Waals surface area contributed by atoms with E-state index in [9.17, 15) is 14.9 Å². The summed E-state index contributed by atoms with van der Waals surface area (Å²) < 4.78 is 0. The fraction of sp³-hybridized carbons (Fsp3) is 0.467. The molecule has 0 saturated heterocycles. The second-order valence-corrected chi connectivity index (χ2v) is 5.52. The van der Waals surface area contributed by atoms with Gasteiger partial charge in [-0.15, -0.1) is 0 Å². The van der Waals surface area contributed by atoms with Gasteiger partial charge in [-0.25, -0.2) is 5.43 Å². The highest BCUT2D eigenvalue weighted by Crippen LogP contribution is 2.25. The molecule has 1 N–H and O–H groups in total. The van der Waals surface area contributed by atoms with Gasteiger partial charge in [0.1, 0.15) is 0 Å². The van der Waals surface area contributed by atoms with Crippen LogP contribution in [0.25, 0.3) is 0 Å². The summed E-state index contributed by atoms with van der Waals surface area (Å²) in [7, 11) is 0. The Kier molecular flexibility index (Phi) is 4.67. The fourth-order valence-corrected chi connectivity index (χ4v) is 2.67. The highest BCUT2D eigenvalue weighted by molar-refractivity contribution is 5.96. The lowest BCUT2D eigenvalue weighted by Gasteiger charge is -2.26. The summed E-state index contributed by atoms with van der Waals surface area (Å²) in [5, 5.41) is 15.0. The van der Waals surface area contributed by atoms with E-state index >= 15 is 0 Å². The van der Waals surface area contributed by atoms with E-state index in [-0.39, 0.29) is 11.3 Å². The fourth-order valence-electron chi connectivity index (χ4n) is 2.67. The summed E-state index contributed by atoms with van der Waals surface area (Å²) in [5.41, 5.74) is 3.66. The third-order valence-corrected chi connectivity index (χ3v) is 3.89. The Hall–Kier alpha value is -2.24. The van der Waals surface area contributed by atoms with E-state index in [2.05, 4.69) is 24.4 Å². The SMILES string of the molecule is C[C@H]1CCC[C@H](C)C1=NNC(=O)c1cccc([N+](=O)[O-])c1. The van der Waals surface area contributed by atoms with Gasteiger partial charge in [0, 0.05) is 23.4 Å². The van der Waals surface area contributed by atoms with Crippen molar-refractivity contribution in [1.82, 2.24) is 5.43 Å². The normalized spacial score (nSPS) is 21.7. The molecule has 0 unspecified atom stereocenters. The molecule has 112 valence electrons. The highest BCUT2D eigenvalue weighted by Gasteiger charge is 2.23. The van der Waals surface area contributed by atoms with E-state index in [1.165, 1.54) is 30.7 Å². The lowest BCUT2D eigenvalue weighted by molar-refractivity contribution is -0.384. The molecule has 21 heavy (non-hydrogen) atoms. The Morgan fingerprint density at radius 3 is 2.62 bits per heavy atom. The number of carbonyl (C=O) groups excluding carboxylic acids is 1. The smallest absolute Gasteiger partial charge is 0.267 e. The van der Waals surface area contributed by atoms with Crippen LogP contribution in [0.4, 0.5) is 5.69 Å². The maximum absolute atomic E-state index is 12.0. The molecule has 1 saturated carbocycles. The van der Waals surface area contributed by atoms with Crippen molar-refractivity contribution in [2.45, 2.75) is 33.1 Å². The lowest BCUT2D eigenvalue weighted by atomic mass is 9.81.